The van der Waals surface area contributed by atoms with Crippen molar-refractivity contribution in [3.8, 4) is 28.1 Å². The molecule has 0 saturated heterocycles. The van der Waals surface area contributed by atoms with E-state index in [2.05, 4.69) is 55.3 Å². The molecule has 1 atom stereocenters. The van der Waals surface area contributed by atoms with E-state index in [1.807, 2.05) is 53.7 Å². The lowest BCUT2D eigenvalue weighted by Crippen LogP contribution is -2.44. The number of hydrogen-bond donors (Lipinski definition) is 3. The SMILES string of the molecule is CCCN(Cc1ncc(-c2ccc3c(c2)COc2cc4c(ccc5nc(CN(C(=O)CNC(=O)OC)[C@@H](C)CC)[nH]c54)cc2-3)[nH]1)C(=O)OC(C)(C)C. The third-order valence-corrected chi connectivity index (χ3v) is 9.16. The second-order valence-corrected chi connectivity index (χ2v) is 14.1. The van der Waals surface area contributed by atoms with Gasteiger partial charge in [0.2, 0.25) is 5.91 Å². The fraction of sp³-hybridized carbons (Fsp3) is 0.410. The van der Waals surface area contributed by atoms with Crippen molar-refractivity contribution < 1.29 is 28.6 Å². The summed E-state index contributed by atoms with van der Waals surface area (Å²) in [6, 6.07) is 14.5. The highest BCUT2D eigenvalue weighted by atomic mass is 16.6. The molecule has 0 aliphatic carbocycles. The normalized spacial score (nSPS) is 12.8. The van der Waals surface area contributed by atoms with Crippen LogP contribution in [0.4, 0.5) is 9.59 Å². The fourth-order valence-electron chi connectivity index (χ4n) is 6.38. The second-order valence-electron chi connectivity index (χ2n) is 14.1. The number of carbonyl (C=O) groups excluding carboxylic acids is 3. The van der Waals surface area contributed by atoms with Crippen molar-refractivity contribution in [1.29, 1.82) is 0 Å². The highest BCUT2D eigenvalue weighted by Crippen LogP contribution is 2.42. The summed E-state index contributed by atoms with van der Waals surface area (Å²) >= 11 is 0. The van der Waals surface area contributed by atoms with Crippen molar-refractivity contribution in [3.05, 3.63) is 65.9 Å². The Balaban J connectivity index is 1.23. The Bertz CT molecular complexity index is 2110. The van der Waals surface area contributed by atoms with Gasteiger partial charge in [-0.2, -0.15) is 0 Å². The first-order valence-electron chi connectivity index (χ1n) is 17.7. The molecule has 1 aliphatic heterocycles. The Hall–Kier alpha value is -5.59. The fourth-order valence-corrected chi connectivity index (χ4v) is 6.38. The molecule has 3 N–H and O–H groups in total. The van der Waals surface area contributed by atoms with Crippen LogP contribution in [-0.2, 0) is 34.0 Å². The zero-order valence-corrected chi connectivity index (χ0v) is 30.9. The smallest absolute Gasteiger partial charge is 0.410 e. The maximum atomic E-state index is 13.1. The van der Waals surface area contributed by atoms with Crippen LogP contribution in [0.1, 0.15) is 71.6 Å². The number of nitrogens with zero attached hydrogens (tertiary/aromatic N) is 4. The highest BCUT2D eigenvalue weighted by Gasteiger charge is 2.25. The number of imidazole rings is 2. The zero-order chi connectivity index (χ0) is 37.2. The van der Waals surface area contributed by atoms with Gasteiger partial charge in [0, 0.05) is 23.5 Å². The molecule has 274 valence electrons. The van der Waals surface area contributed by atoms with Gasteiger partial charge in [0.05, 0.1) is 43.1 Å². The summed E-state index contributed by atoms with van der Waals surface area (Å²) in [7, 11) is 1.26. The average molecular weight is 710 g/mol. The number of ether oxygens (including phenoxy) is 3. The summed E-state index contributed by atoms with van der Waals surface area (Å²) in [6.45, 7) is 13.0. The summed E-state index contributed by atoms with van der Waals surface area (Å²) in [6.07, 6.45) is 2.34. The van der Waals surface area contributed by atoms with Gasteiger partial charge in [0.15, 0.2) is 0 Å². The summed E-state index contributed by atoms with van der Waals surface area (Å²) < 4.78 is 16.6. The van der Waals surface area contributed by atoms with E-state index in [-0.39, 0.29) is 31.1 Å². The monoisotopic (exact) mass is 709 g/mol. The Morgan fingerprint density at radius 2 is 1.83 bits per heavy atom. The number of benzene rings is 3. The number of H-pyrrole nitrogens is 2. The van der Waals surface area contributed by atoms with Crippen molar-refractivity contribution in [1.82, 2.24) is 35.1 Å². The minimum atomic E-state index is -0.652. The van der Waals surface area contributed by atoms with E-state index in [1.165, 1.54) is 7.11 Å². The molecule has 0 saturated carbocycles. The lowest BCUT2D eigenvalue weighted by molar-refractivity contribution is -0.133. The Labute approximate surface area is 303 Å². The third kappa shape index (κ3) is 7.83. The molecule has 5 aromatic rings. The van der Waals surface area contributed by atoms with Gasteiger partial charge in [0.1, 0.15) is 36.2 Å². The molecular weight excluding hydrogens is 662 g/mol. The van der Waals surface area contributed by atoms with E-state index in [0.717, 1.165) is 68.3 Å². The zero-order valence-electron chi connectivity index (χ0n) is 30.9. The molecule has 2 aromatic heterocycles. The first kappa shape index (κ1) is 36.2. The largest absolute Gasteiger partial charge is 0.488 e. The summed E-state index contributed by atoms with van der Waals surface area (Å²) in [5, 5.41) is 4.47. The van der Waals surface area contributed by atoms with Crippen molar-refractivity contribution in [2.45, 2.75) is 85.7 Å². The summed E-state index contributed by atoms with van der Waals surface area (Å²) in [5.74, 6) is 1.89. The minimum absolute atomic E-state index is 0.0615. The summed E-state index contributed by atoms with van der Waals surface area (Å²) in [5.41, 5.74) is 6.06. The molecule has 3 heterocycles. The Morgan fingerprint density at radius 3 is 2.56 bits per heavy atom. The van der Waals surface area contributed by atoms with E-state index in [4.69, 9.17) is 14.5 Å². The Morgan fingerprint density at radius 1 is 1.02 bits per heavy atom. The predicted octanol–water partition coefficient (Wildman–Crippen LogP) is 7.30. The summed E-state index contributed by atoms with van der Waals surface area (Å²) in [4.78, 5) is 57.0. The number of rotatable bonds is 11. The van der Waals surface area contributed by atoms with Crippen molar-refractivity contribution in [2.75, 3.05) is 20.2 Å². The number of nitrogens with one attached hydrogen (secondary N) is 3. The van der Waals surface area contributed by atoms with Gasteiger partial charge < -0.3 is 39.3 Å². The van der Waals surface area contributed by atoms with Gasteiger partial charge >= 0.3 is 12.2 Å². The predicted molar refractivity (Wildman–Crippen MR) is 199 cm³/mol. The number of aromatic nitrogens is 4. The third-order valence-electron chi connectivity index (χ3n) is 9.16. The number of aromatic amines is 2. The van der Waals surface area contributed by atoms with Crippen LogP contribution in [0.5, 0.6) is 5.75 Å². The number of alkyl carbamates (subject to hydrolysis) is 1. The standard InChI is InChI=1S/C39H47N7O6/c1-8-14-45(38(49)52-39(4,5)6)20-33-40-18-31(43-33)25-10-12-27-26(15-25)22-51-32-17-28-24(16-29(27)32)11-13-30-36(28)44-34(42-30)21-46(23(3)9-2)35(47)19-41-37(48)50-7/h10-13,15-18,23H,8-9,14,19-22H2,1-7H3,(H,40,43)(H,41,48)(H,42,44)/t23-/m0/s1. The van der Waals surface area contributed by atoms with Crippen LogP contribution in [-0.4, -0.2) is 79.7 Å². The van der Waals surface area contributed by atoms with Gasteiger partial charge in [0.25, 0.3) is 0 Å². The molecule has 0 unspecified atom stereocenters. The lowest BCUT2D eigenvalue weighted by atomic mass is 9.92. The van der Waals surface area contributed by atoms with E-state index < -0.39 is 11.7 Å². The van der Waals surface area contributed by atoms with Crippen molar-refractivity contribution in [2.24, 2.45) is 0 Å². The molecule has 0 fully saturated rings. The van der Waals surface area contributed by atoms with Crippen LogP contribution >= 0.6 is 0 Å². The van der Waals surface area contributed by atoms with Crippen LogP contribution < -0.4 is 10.1 Å². The van der Waals surface area contributed by atoms with Gasteiger partial charge in [-0.25, -0.2) is 19.6 Å². The van der Waals surface area contributed by atoms with E-state index in [9.17, 15) is 14.4 Å². The molecule has 0 spiro atoms. The molecule has 0 radical (unpaired) electrons. The molecular formula is C39H47N7O6. The first-order chi connectivity index (χ1) is 24.9. The lowest BCUT2D eigenvalue weighted by Gasteiger charge is -2.27. The maximum absolute atomic E-state index is 13.1. The van der Waals surface area contributed by atoms with Crippen LogP contribution in [0.15, 0.2) is 48.7 Å². The van der Waals surface area contributed by atoms with Crippen LogP contribution in [0, 0.1) is 0 Å². The molecule has 13 nitrogen and oxygen atoms in total. The van der Waals surface area contributed by atoms with Gasteiger partial charge in [-0.1, -0.05) is 32.0 Å². The average Bonchev–Trinajstić information content (AvgIpc) is 3.77. The molecule has 3 amide bonds. The molecule has 13 heteroatoms. The van der Waals surface area contributed by atoms with Crippen LogP contribution in [0.25, 0.3) is 44.2 Å². The van der Waals surface area contributed by atoms with Crippen molar-refractivity contribution >= 4 is 39.9 Å². The number of carbonyl (C=O) groups is 3. The van der Waals surface area contributed by atoms with E-state index >= 15 is 0 Å². The number of methoxy groups -OCH3 is 1. The number of hydrogen-bond acceptors (Lipinski definition) is 8. The number of fused-ring (bicyclic) bond motifs is 6. The molecule has 6 rings (SSSR count). The molecule has 3 aromatic carbocycles. The van der Waals surface area contributed by atoms with Gasteiger partial charge in [-0.05, 0) is 86.9 Å². The molecule has 52 heavy (non-hydrogen) atoms. The quantitative estimate of drug-likeness (QED) is 0.129. The van der Waals surface area contributed by atoms with E-state index in [1.54, 1.807) is 16.0 Å². The van der Waals surface area contributed by atoms with Gasteiger partial charge in [-0.15, -0.1) is 0 Å². The topological polar surface area (TPSA) is 155 Å². The highest BCUT2D eigenvalue weighted by molar-refractivity contribution is 6.07. The first-order valence-corrected chi connectivity index (χ1v) is 17.7. The Kier molecular flexibility index (Phi) is 10.4. The van der Waals surface area contributed by atoms with Crippen LogP contribution in [0.2, 0.25) is 0 Å². The maximum Gasteiger partial charge on any atom is 0.410 e. The minimum Gasteiger partial charge on any atom is -0.488 e. The van der Waals surface area contributed by atoms with Gasteiger partial charge in [-0.3, -0.25) is 4.79 Å². The van der Waals surface area contributed by atoms with Crippen LogP contribution in [0.3, 0.4) is 0 Å². The molecule has 1 aliphatic rings. The number of amides is 3. The van der Waals surface area contributed by atoms with E-state index in [0.29, 0.717) is 31.3 Å². The second kappa shape index (κ2) is 14.9. The molecule has 0 bridgehead atoms. The van der Waals surface area contributed by atoms with Crippen molar-refractivity contribution in [3.63, 3.8) is 0 Å².